The molecule has 0 unspecified atom stereocenters. The fourth-order valence-corrected chi connectivity index (χ4v) is 1.62. The second-order valence-corrected chi connectivity index (χ2v) is 4.10. The van der Waals surface area contributed by atoms with Gasteiger partial charge in [0.1, 0.15) is 13.5 Å². The van der Waals surface area contributed by atoms with Gasteiger partial charge in [-0.05, 0) is 27.7 Å². The molecule has 0 aromatic carbocycles. The Bertz CT molecular complexity index is 178. The van der Waals surface area contributed by atoms with E-state index >= 15 is 0 Å². The molecule has 0 bridgehead atoms. The summed E-state index contributed by atoms with van der Waals surface area (Å²) >= 11 is 0. The van der Waals surface area contributed by atoms with E-state index in [0.717, 1.165) is 26.3 Å². The molecule has 0 saturated heterocycles. The first kappa shape index (κ1) is 19.8. The van der Waals surface area contributed by atoms with E-state index in [0.29, 0.717) is 39.9 Å². The van der Waals surface area contributed by atoms with Crippen molar-refractivity contribution in [2.45, 2.75) is 27.7 Å². The molecule has 0 fully saturated rings. The fraction of sp³-hybridized carbons (Fsp3) is 1.00. The maximum Gasteiger partial charge on any atom is 0.114 e. The molecule has 0 aliphatic rings. The molecule has 20 heavy (non-hydrogen) atoms. The minimum absolute atomic E-state index is 0.523. The maximum atomic E-state index is 5.51. The summed E-state index contributed by atoms with van der Waals surface area (Å²) in [5.41, 5.74) is 0. The van der Waals surface area contributed by atoms with E-state index in [1.807, 2.05) is 27.7 Å². The predicted molar refractivity (Wildman–Crippen MR) is 79.4 cm³/mol. The van der Waals surface area contributed by atoms with Crippen LogP contribution in [-0.2, 0) is 18.9 Å². The van der Waals surface area contributed by atoms with Crippen molar-refractivity contribution >= 4 is 0 Å². The highest BCUT2D eigenvalue weighted by Gasteiger charge is 2.15. The van der Waals surface area contributed by atoms with E-state index in [2.05, 4.69) is 10.0 Å². The molecular weight excluding hydrogens is 260 g/mol. The van der Waals surface area contributed by atoms with Crippen molar-refractivity contribution in [3.63, 3.8) is 0 Å². The summed E-state index contributed by atoms with van der Waals surface area (Å²) in [6, 6.07) is 0. The molecule has 0 aromatic heterocycles. The van der Waals surface area contributed by atoms with Crippen LogP contribution in [0.3, 0.4) is 0 Å². The van der Waals surface area contributed by atoms with Crippen LogP contribution in [0.2, 0.25) is 0 Å². The standard InChI is InChI=1S/C14H32N2O4/c1-5-17-11-9-15(10-12-18-6-2)16(13-19-7-3)14-20-8-4/h5-14H2,1-4H3. The van der Waals surface area contributed by atoms with Crippen molar-refractivity contribution in [2.75, 3.05) is 66.2 Å². The van der Waals surface area contributed by atoms with E-state index in [4.69, 9.17) is 18.9 Å². The number of rotatable bonds is 15. The van der Waals surface area contributed by atoms with Gasteiger partial charge < -0.3 is 18.9 Å². The van der Waals surface area contributed by atoms with Gasteiger partial charge in [-0.3, -0.25) is 0 Å². The molecule has 0 rings (SSSR count). The van der Waals surface area contributed by atoms with Gasteiger partial charge in [0.15, 0.2) is 0 Å². The molecule has 0 radical (unpaired) electrons. The second kappa shape index (κ2) is 15.2. The highest BCUT2D eigenvalue weighted by molar-refractivity contribution is 4.54. The highest BCUT2D eigenvalue weighted by Crippen LogP contribution is 2.00. The molecule has 0 atom stereocenters. The zero-order valence-electron chi connectivity index (χ0n) is 13.6. The SMILES string of the molecule is CCOCCN(CCOCC)N(COCC)COCC. The van der Waals surface area contributed by atoms with Crippen molar-refractivity contribution < 1.29 is 18.9 Å². The number of hydrogen-bond acceptors (Lipinski definition) is 6. The summed E-state index contributed by atoms with van der Waals surface area (Å²) < 4.78 is 21.9. The summed E-state index contributed by atoms with van der Waals surface area (Å²) in [6.45, 7) is 14.9. The van der Waals surface area contributed by atoms with Gasteiger partial charge in [0.25, 0.3) is 0 Å². The minimum Gasteiger partial charge on any atom is -0.380 e. The van der Waals surface area contributed by atoms with Crippen LogP contribution in [0.1, 0.15) is 27.7 Å². The quantitative estimate of drug-likeness (QED) is 0.259. The van der Waals surface area contributed by atoms with Crippen molar-refractivity contribution in [2.24, 2.45) is 0 Å². The maximum absolute atomic E-state index is 5.51. The zero-order chi connectivity index (χ0) is 15.1. The Morgan fingerprint density at radius 3 is 1.30 bits per heavy atom. The molecule has 0 spiro atoms. The van der Waals surface area contributed by atoms with E-state index in [-0.39, 0.29) is 0 Å². The van der Waals surface area contributed by atoms with Gasteiger partial charge in [0.2, 0.25) is 0 Å². The third-order valence-electron chi connectivity index (χ3n) is 2.68. The van der Waals surface area contributed by atoms with Crippen molar-refractivity contribution in [1.29, 1.82) is 0 Å². The number of ether oxygens (including phenoxy) is 4. The van der Waals surface area contributed by atoms with E-state index in [1.165, 1.54) is 0 Å². The summed E-state index contributed by atoms with van der Waals surface area (Å²) in [5, 5.41) is 4.24. The summed E-state index contributed by atoms with van der Waals surface area (Å²) in [5.74, 6) is 0. The number of hydrazine groups is 1. The average Bonchev–Trinajstić information content (AvgIpc) is 2.46. The average molecular weight is 292 g/mol. The van der Waals surface area contributed by atoms with Crippen LogP contribution in [-0.4, -0.2) is 76.2 Å². The lowest BCUT2D eigenvalue weighted by atomic mass is 10.5. The summed E-state index contributed by atoms with van der Waals surface area (Å²) in [6.07, 6.45) is 0. The van der Waals surface area contributed by atoms with Crippen LogP contribution >= 0.6 is 0 Å². The van der Waals surface area contributed by atoms with Gasteiger partial charge in [-0.25, -0.2) is 5.01 Å². The lowest BCUT2D eigenvalue weighted by Crippen LogP contribution is -2.48. The van der Waals surface area contributed by atoms with E-state index in [9.17, 15) is 0 Å². The first-order valence-corrected chi connectivity index (χ1v) is 7.60. The Kier molecular flexibility index (Phi) is 15.0. The van der Waals surface area contributed by atoms with Crippen LogP contribution in [0.5, 0.6) is 0 Å². The third-order valence-corrected chi connectivity index (χ3v) is 2.68. The van der Waals surface area contributed by atoms with Crippen LogP contribution in [0.4, 0.5) is 0 Å². The Labute approximate surface area is 123 Å². The lowest BCUT2D eigenvalue weighted by molar-refractivity contribution is -0.165. The summed E-state index contributed by atoms with van der Waals surface area (Å²) in [7, 11) is 0. The van der Waals surface area contributed by atoms with Crippen LogP contribution in [0.15, 0.2) is 0 Å². The molecule has 0 aliphatic carbocycles. The first-order chi connectivity index (χ1) is 9.79. The van der Waals surface area contributed by atoms with Crippen LogP contribution < -0.4 is 0 Å². The Morgan fingerprint density at radius 2 is 0.950 bits per heavy atom. The Hall–Kier alpha value is -0.240. The summed E-state index contributed by atoms with van der Waals surface area (Å²) in [4.78, 5) is 0. The number of nitrogens with zero attached hydrogens (tertiary/aromatic N) is 2. The molecule has 0 amide bonds. The normalized spacial score (nSPS) is 11.7. The van der Waals surface area contributed by atoms with Crippen LogP contribution in [0, 0.1) is 0 Å². The molecule has 0 heterocycles. The molecule has 122 valence electrons. The van der Waals surface area contributed by atoms with Gasteiger partial charge in [0.05, 0.1) is 13.2 Å². The number of hydrogen-bond donors (Lipinski definition) is 0. The smallest absolute Gasteiger partial charge is 0.114 e. The molecular formula is C14H32N2O4. The van der Waals surface area contributed by atoms with Gasteiger partial charge in [0, 0.05) is 39.5 Å². The lowest BCUT2D eigenvalue weighted by Gasteiger charge is -2.34. The van der Waals surface area contributed by atoms with E-state index < -0.39 is 0 Å². The zero-order valence-corrected chi connectivity index (χ0v) is 13.6. The molecule has 0 saturated carbocycles. The second-order valence-electron chi connectivity index (χ2n) is 4.10. The van der Waals surface area contributed by atoms with Gasteiger partial charge in [-0.15, -0.1) is 0 Å². The van der Waals surface area contributed by atoms with Crippen molar-refractivity contribution in [3.05, 3.63) is 0 Å². The highest BCUT2D eigenvalue weighted by atomic mass is 16.5. The molecule has 0 N–H and O–H groups in total. The van der Waals surface area contributed by atoms with E-state index in [1.54, 1.807) is 0 Å². The molecule has 0 aliphatic heterocycles. The van der Waals surface area contributed by atoms with Crippen molar-refractivity contribution in [3.8, 4) is 0 Å². The monoisotopic (exact) mass is 292 g/mol. The molecule has 0 aromatic rings. The van der Waals surface area contributed by atoms with Gasteiger partial charge in [-0.2, -0.15) is 5.01 Å². The fourth-order valence-electron chi connectivity index (χ4n) is 1.62. The first-order valence-electron chi connectivity index (χ1n) is 7.60. The topological polar surface area (TPSA) is 43.4 Å². The Balaban J connectivity index is 4.33. The third kappa shape index (κ3) is 10.5. The predicted octanol–water partition coefficient (Wildman–Crippen LogP) is 1.57. The minimum atomic E-state index is 0.523. The largest absolute Gasteiger partial charge is 0.380 e. The molecule has 6 heteroatoms. The Morgan fingerprint density at radius 1 is 0.550 bits per heavy atom. The van der Waals surface area contributed by atoms with Gasteiger partial charge >= 0.3 is 0 Å². The van der Waals surface area contributed by atoms with Crippen molar-refractivity contribution in [1.82, 2.24) is 10.0 Å². The van der Waals surface area contributed by atoms with Crippen LogP contribution in [0.25, 0.3) is 0 Å². The molecule has 6 nitrogen and oxygen atoms in total. The van der Waals surface area contributed by atoms with Gasteiger partial charge in [-0.1, -0.05) is 0 Å².